The number of piperidine rings is 1. The minimum Gasteiger partial charge on any atom is -0.491 e. The summed E-state index contributed by atoms with van der Waals surface area (Å²) in [5.41, 5.74) is 5.54. The van der Waals surface area contributed by atoms with Crippen LogP contribution in [-0.2, 0) is 9.84 Å². The predicted octanol–water partition coefficient (Wildman–Crippen LogP) is 1.06. The van der Waals surface area contributed by atoms with E-state index in [1.54, 1.807) is 4.90 Å². The van der Waals surface area contributed by atoms with Crippen LogP contribution in [0.5, 0.6) is 5.75 Å². The summed E-state index contributed by atoms with van der Waals surface area (Å²) in [6.07, 6.45) is 2.68. The summed E-state index contributed by atoms with van der Waals surface area (Å²) in [6, 6.07) is 3.79. The fraction of sp³-hybridized carbons (Fsp3) is 0.562. The number of sulfone groups is 1. The Morgan fingerprint density at radius 2 is 2.21 bits per heavy atom. The van der Waals surface area contributed by atoms with Gasteiger partial charge in [0.1, 0.15) is 28.0 Å². The van der Waals surface area contributed by atoms with E-state index in [0.29, 0.717) is 13.1 Å². The lowest BCUT2D eigenvalue weighted by Gasteiger charge is -2.32. The average molecular weight is 358 g/mol. The Morgan fingerprint density at radius 1 is 1.46 bits per heavy atom. The summed E-state index contributed by atoms with van der Waals surface area (Å²) in [6.45, 7) is 1.37. The number of nitrogens with zero attached hydrogens (tertiary/aromatic N) is 1. The van der Waals surface area contributed by atoms with Crippen molar-refractivity contribution >= 4 is 15.7 Å². The SMILES string of the molecule is CS(=O)(=O)C[C@H]1CCCN(C(=O)c2cc(F)ccc2OCCN)C1. The molecule has 0 bridgehead atoms. The number of carbonyl (C=O) groups excluding carboxylic acids is 1. The van der Waals surface area contributed by atoms with Crippen LogP contribution in [0.3, 0.4) is 0 Å². The fourth-order valence-electron chi connectivity index (χ4n) is 2.95. The molecule has 1 heterocycles. The zero-order valence-electron chi connectivity index (χ0n) is 13.7. The number of rotatable bonds is 6. The molecule has 1 aliphatic heterocycles. The molecule has 0 aliphatic carbocycles. The van der Waals surface area contributed by atoms with Crippen molar-refractivity contribution in [2.45, 2.75) is 12.8 Å². The van der Waals surface area contributed by atoms with Gasteiger partial charge in [-0.15, -0.1) is 0 Å². The van der Waals surface area contributed by atoms with Crippen LogP contribution in [0.2, 0.25) is 0 Å². The molecule has 1 amide bonds. The maximum atomic E-state index is 13.6. The molecule has 6 nitrogen and oxygen atoms in total. The standard InChI is InChI=1S/C16H23FN2O4S/c1-24(21,22)11-12-3-2-7-19(10-12)16(20)14-9-13(17)4-5-15(14)23-8-6-18/h4-5,9,12H,2-3,6-8,10-11,18H2,1H3/t12-/m0/s1. The smallest absolute Gasteiger partial charge is 0.257 e. The van der Waals surface area contributed by atoms with E-state index in [1.807, 2.05) is 0 Å². The van der Waals surface area contributed by atoms with Crippen molar-refractivity contribution in [1.82, 2.24) is 4.90 Å². The third-order valence-electron chi connectivity index (χ3n) is 3.89. The molecule has 0 unspecified atom stereocenters. The van der Waals surface area contributed by atoms with Gasteiger partial charge in [-0.2, -0.15) is 0 Å². The fourth-order valence-corrected chi connectivity index (χ4v) is 4.08. The molecule has 2 rings (SSSR count). The molecule has 0 saturated carbocycles. The summed E-state index contributed by atoms with van der Waals surface area (Å²) in [5, 5.41) is 0. The third kappa shape index (κ3) is 5.17. The number of halogens is 1. The summed E-state index contributed by atoms with van der Waals surface area (Å²) < 4.78 is 41.9. The van der Waals surface area contributed by atoms with Gasteiger partial charge in [0.25, 0.3) is 5.91 Å². The highest BCUT2D eigenvalue weighted by atomic mass is 32.2. The van der Waals surface area contributed by atoms with Gasteiger partial charge < -0.3 is 15.4 Å². The summed E-state index contributed by atoms with van der Waals surface area (Å²) >= 11 is 0. The lowest BCUT2D eigenvalue weighted by atomic mass is 9.99. The Balaban J connectivity index is 2.17. The zero-order valence-corrected chi connectivity index (χ0v) is 14.5. The molecule has 0 aromatic heterocycles. The van der Waals surface area contributed by atoms with Gasteiger partial charge in [0, 0.05) is 25.9 Å². The third-order valence-corrected chi connectivity index (χ3v) is 4.97. The second-order valence-corrected chi connectivity index (χ2v) is 8.31. The number of benzene rings is 1. The number of amides is 1. The number of ether oxygens (including phenoxy) is 1. The largest absolute Gasteiger partial charge is 0.491 e. The number of hydrogen-bond donors (Lipinski definition) is 1. The molecule has 1 aromatic rings. The quantitative estimate of drug-likeness (QED) is 0.821. The Hall–Kier alpha value is -1.67. The normalized spacial score (nSPS) is 18.5. The van der Waals surface area contributed by atoms with Crippen LogP contribution < -0.4 is 10.5 Å². The Morgan fingerprint density at radius 3 is 2.88 bits per heavy atom. The van der Waals surface area contributed by atoms with Gasteiger partial charge in [-0.3, -0.25) is 4.79 Å². The van der Waals surface area contributed by atoms with E-state index < -0.39 is 15.7 Å². The van der Waals surface area contributed by atoms with E-state index in [1.165, 1.54) is 18.4 Å². The van der Waals surface area contributed by atoms with E-state index in [-0.39, 0.29) is 42.0 Å². The van der Waals surface area contributed by atoms with Crippen molar-refractivity contribution in [3.63, 3.8) is 0 Å². The van der Waals surface area contributed by atoms with Gasteiger partial charge in [0.05, 0.1) is 11.3 Å². The van der Waals surface area contributed by atoms with Gasteiger partial charge in [-0.1, -0.05) is 0 Å². The van der Waals surface area contributed by atoms with Gasteiger partial charge in [-0.05, 0) is 37.0 Å². The molecule has 1 aromatic carbocycles. The molecule has 2 N–H and O–H groups in total. The van der Waals surface area contributed by atoms with E-state index in [4.69, 9.17) is 10.5 Å². The molecular weight excluding hydrogens is 335 g/mol. The monoisotopic (exact) mass is 358 g/mol. The van der Waals surface area contributed by atoms with Gasteiger partial charge in [-0.25, -0.2) is 12.8 Å². The van der Waals surface area contributed by atoms with Crippen LogP contribution in [0, 0.1) is 11.7 Å². The minimum atomic E-state index is -3.10. The molecule has 1 saturated heterocycles. The molecule has 0 spiro atoms. The van der Waals surface area contributed by atoms with Crippen LogP contribution in [0.1, 0.15) is 23.2 Å². The maximum Gasteiger partial charge on any atom is 0.257 e. The first-order valence-electron chi connectivity index (χ1n) is 7.89. The average Bonchev–Trinajstić information content (AvgIpc) is 2.51. The number of nitrogens with two attached hydrogens (primary N) is 1. The minimum absolute atomic E-state index is 0.0520. The maximum absolute atomic E-state index is 13.6. The molecule has 24 heavy (non-hydrogen) atoms. The molecule has 1 aliphatic rings. The lowest BCUT2D eigenvalue weighted by molar-refractivity contribution is 0.0679. The predicted molar refractivity (Wildman–Crippen MR) is 89.3 cm³/mol. The molecule has 1 fully saturated rings. The van der Waals surface area contributed by atoms with E-state index in [2.05, 4.69) is 0 Å². The second-order valence-electron chi connectivity index (χ2n) is 6.13. The molecule has 8 heteroatoms. The molecule has 0 radical (unpaired) electrons. The van der Waals surface area contributed by atoms with E-state index >= 15 is 0 Å². The van der Waals surface area contributed by atoms with Crippen LogP contribution in [-0.4, -0.2) is 57.5 Å². The summed E-state index contributed by atoms with van der Waals surface area (Å²) in [7, 11) is -3.10. The number of hydrogen-bond acceptors (Lipinski definition) is 5. The summed E-state index contributed by atoms with van der Waals surface area (Å²) in [5.74, 6) is -0.629. The highest BCUT2D eigenvalue weighted by Gasteiger charge is 2.28. The van der Waals surface area contributed by atoms with Crippen molar-refractivity contribution in [1.29, 1.82) is 0 Å². The molecule has 1 atom stereocenters. The summed E-state index contributed by atoms with van der Waals surface area (Å²) in [4.78, 5) is 14.3. The van der Waals surface area contributed by atoms with Crippen LogP contribution in [0.25, 0.3) is 0 Å². The molecule has 134 valence electrons. The first-order valence-corrected chi connectivity index (χ1v) is 9.95. The van der Waals surface area contributed by atoms with Gasteiger partial charge in [0.15, 0.2) is 0 Å². The molecular formula is C16H23FN2O4S. The van der Waals surface area contributed by atoms with E-state index in [0.717, 1.165) is 18.9 Å². The van der Waals surface area contributed by atoms with Gasteiger partial charge >= 0.3 is 0 Å². The first kappa shape index (κ1) is 18.7. The Bertz CT molecular complexity index is 693. The second kappa shape index (κ2) is 7.94. The Kier molecular flexibility index (Phi) is 6.17. The Labute approximate surface area is 141 Å². The number of likely N-dealkylation sites (tertiary alicyclic amines) is 1. The van der Waals surface area contributed by atoms with Crippen LogP contribution in [0.15, 0.2) is 18.2 Å². The van der Waals surface area contributed by atoms with Crippen molar-refractivity contribution in [2.24, 2.45) is 11.7 Å². The van der Waals surface area contributed by atoms with E-state index in [9.17, 15) is 17.6 Å². The van der Waals surface area contributed by atoms with Crippen molar-refractivity contribution in [3.05, 3.63) is 29.6 Å². The topological polar surface area (TPSA) is 89.7 Å². The van der Waals surface area contributed by atoms with Crippen LogP contribution in [0.4, 0.5) is 4.39 Å². The zero-order chi connectivity index (χ0) is 17.7. The van der Waals surface area contributed by atoms with Crippen molar-refractivity contribution < 1.29 is 22.3 Å². The first-order chi connectivity index (χ1) is 11.3. The van der Waals surface area contributed by atoms with Crippen molar-refractivity contribution in [2.75, 3.05) is 38.2 Å². The van der Waals surface area contributed by atoms with Crippen molar-refractivity contribution in [3.8, 4) is 5.75 Å². The lowest BCUT2D eigenvalue weighted by Crippen LogP contribution is -2.42. The van der Waals surface area contributed by atoms with Crippen LogP contribution >= 0.6 is 0 Å². The van der Waals surface area contributed by atoms with Gasteiger partial charge in [0.2, 0.25) is 0 Å². The highest BCUT2D eigenvalue weighted by Crippen LogP contribution is 2.25. The highest BCUT2D eigenvalue weighted by molar-refractivity contribution is 7.90. The number of carbonyl (C=O) groups is 1.